The topological polar surface area (TPSA) is 85.4 Å². The molecule has 0 unspecified atom stereocenters. The number of benzene rings is 2. The molecule has 3 aromatic rings. The summed E-state index contributed by atoms with van der Waals surface area (Å²) in [6.45, 7) is 0.524. The lowest BCUT2D eigenvalue weighted by Gasteiger charge is -2.12. The molecule has 0 atom stereocenters. The quantitative estimate of drug-likeness (QED) is 0.516. The van der Waals surface area contributed by atoms with Gasteiger partial charge < -0.3 is 20.1 Å². The zero-order valence-corrected chi connectivity index (χ0v) is 18.1. The predicted molar refractivity (Wildman–Crippen MR) is 119 cm³/mol. The maximum absolute atomic E-state index is 12.2. The first-order chi connectivity index (χ1) is 14.1. The van der Waals surface area contributed by atoms with Gasteiger partial charge in [0.25, 0.3) is 0 Å². The molecule has 1 aromatic heterocycles. The highest BCUT2D eigenvalue weighted by atomic mass is 127. The summed E-state index contributed by atoms with van der Waals surface area (Å²) in [5.74, 6) is 1.78. The molecule has 0 saturated heterocycles. The van der Waals surface area contributed by atoms with E-state index in [0.717, 1.165) is 31.6 Å². The average Bonchev–Trinajstić information content (AvgIpc) is 2.86. The lowest BCUT2D eigenvalue weighted by Crippen LogP contribution is -2.13. The van der Waals surface area contributed by atoms with E-state index in [9.17, 15) is 4.79 Å². The molecule has 1 amide bonds. The van der Waals surface area contributed by atoms with Gasteiger partial charge in [-0.15, -0.1) is 0 Å². The summed E-state index contributed by atoms with van der Waals surface area (Å²) < 4.78 is 11.7. The third-order valence-electron chi connectivity index (χ3n) is 4.62. The second-order valence-electron chi connectivity index (χ2n) is 6.53. The summed E-state index contributed by atoms with van der Waals surface area (Å²) in [6, 6.07) is 11.7. The fourth-order valence-corrected chi connectivity index (χ4v) is 3.71. The minimum Gasteiger partial charge on any atom is -0.493 e. The molecule has 2 heterocycles. The van der Waals surface area contributed by atoms with Gasteiger partial charge in [0.05, 0.1) is 32.0 Å². The number of rotatable bonds is 5. The van der Waals surface area contributed by atoms with Crippen molar-refractivity contribution in [3.05, 3.63) is 57.3 Å². The molecular formula is C21H19IN4O3. The third-order valence-corrected chi connectivity index (χ3v) is 5.30. The summed E-state index contributed by atoms with van der Waals surface area (Å²) in [5.41, 5.74) is 4.24. The number of fused-ring (bicyclic) bond motifs is 3. The van der Waals surface area contributed by atoms with Crippen molar-refractivity contribution in [2.45, 2.75) is 13.0 Å². The van der Waals surface area contributed by atoms with Crippen LogP contribution in [0.1, 0.15) is 11.1 Å². The number of nitrogens with zero attached hydrogens (tertiary/aromatic N) is 2. The van der Waals surface area contributed by atoms with E-state index >= 15 is 0 Å². The molecule has 29 heavy (non-hydrogen) atoms. The van der Waals surface area contributed by atoms with Gasteiger partial charge in [-0.05, 0) is 58.5 Å². The lowest BCUT2D eigenvalue weighted by atomic mass is 10.1. The van der Waals surface area contributed by atoms with Crippen LogP contribution in [0.3, 0.4) is 0 Å². The Labute approximate surface area is 182 Å². The fourth-order valence-electron chi connectivity index (χ4n) is 3.22. The summed E-state index contributed by atoms with van der Waals surface area (Å²) in [7, 11) is 3.22. The molecule has 148 valence electrons. The summed E-state index contributed by atoms with van der Waals surface area (Å²) in [4.78, 5) is 21.3. The van der Waals surface area contributed by atoms with Gasteiger partial charge in [-0.1, -0.05) is 6.07 Å². The molecule has 0 saturated carbocycles. The first kappa shape index (κ1) is 19.4. The highest BCUT2D eigenvalue weighted by Gasteiger charge is 2.21. The van der Waals surface area contributed by atoms with Gasteiger partial charge in [-0.25, -0.2) is 9.97 Å². The van der Waals surface area contributed by atoms with Gasteiger partial charge in [-0.2, -0.15) is 0 Å². The Morgan fingerprint density at radius 3 is 2.76 bits per heavy atom. The average molecular weight is 502 g/mol. The first-order valence-corrected chi connectivity index (χ1v) is 10.1. The van der Waals surface area contributed by atoms with Crippen LogP contribution >= 0.6 is 22.6 Å². The second kappa shape index (κ2) is 8.24. The number of halogens is 1. The SMILES string of the molecule is COc1ccc(CNc2ncc3c(n2)-c2ccc(I)cc2NC(=O)C3)cc1OC. The van der Waals surface area contributed by atoms with Gasteiger partial charge in [0.2, 0.25) is 11.9 Å². The van der Waals surface area contributed by atoms with E-state index in [1.54, 1.807) is 20.4 Å². The molecule has 0 radical (unpaired) electrons. The maximum atomic E-state index is 12.2. The van der Waals surface area contributed by atoms with Crippen molar-refractivity contribution in [3.8, 4) is 22.8 Å². The Kier molecular flexibility index (Phi) is 5.52. The molecule has 4 rings (SSSR count). The molecule has 0 fully saturated rings. The van der Waals surface area contributed by atoms with Crippen molar-refractivity contribution < 1.29 is 14.3 Å². The van der Waals surface area contributed by atoms with E-state index < -0.39 is 0 Å². The van der Waals surface area contributed by atoms with E-state index in [0.29, 0.717) is 24.0 Å². The minimum atomic E-state index is -0.0679. The monoisotopic (exact) mass is 502 g/mol. The number of carbonyl (C=O) groups excluding carboxylic acids is 1. The van der Waals surface area contributed by atoms with Crippen LogP contribution in [0.15, 0.2) is 42.6 Å². The van der Waals surface area contributed by atoms with Crippen LogP contribution in [0.2, 0.25) is 0 Å². The largest absolute Gasteiger partial charge is 0.493 e. The summed E-state index contributed by atoms with van der Waals surface area (Å²) in [6.07, 6.45) is 1.96. The Morgan fingerprint density at radius 1 is 1.14 bits per heavy atom. The zero-order valence-electron chi connectivity index (χ0n) is 16.0. The Bertz CT molecular complexity index is 1090. The molecule has 2 N–H and O–H groups in total. The molecule has 2 aromatic carbocycles. The zero-order chi connectivity index (χ0) is 20.4. The first-order valence-electron chi connectivity index (χ1n) is 8.98. The van der Waals surface area contributed by atoms with Crippen molar-refractivity contribution in [1.82, 2.24) is 9.97 Å². The molecule has 1 aliphatic heterocycles. The van der Waals surface area contributed by atoms with Crippen LogP contribution in [-0.2, 0) is 17.8 Å². The van der Waals surface area contributed by atoms with Crippen LogP contribution < -0.4 is 20.1 Å². The normalized spacial score (nSPS) is 12.3. The van der Waals surface area contributed by atoms with E-state index in [2.05, 4.69) is 38.2 Å². The van der Waals surface area contributed by atoms with Crippen LogP contribution in [0.25, 0.3) is 11.3 Å². The molecular weight excluding hydrogens is 483 g/mol. The third kappa shape index (κ3) is 4.12. The number of carbonyl (C=O) groups is 1. The molecule has 0 aliphatic carbocycles. The number of anilines is 2. The molecule has 0 bridgehead atoms. The highest BCUT2D eigenvalue weighted by molar-refractivity contribution is 14.1. The highest BCUT2D eigenvalue weighted by Crippen LogP contribution is 2.34. The van der Waals surface area contributed by atoms with Gasteiger partial charge >= 0.3 is 0 Å². The predicted octanol–water partition coefficient (Wildman–Crippen LogP) is 3.87. The van der Waals surface area contributed by atoms with Crippen molar-refractivity contribution in [2.75, 3.05) is 24.9 Å². The number of hydrogen-bond donors (Lipinski definition) is 2. The fraction of sp³-hybridized carbons (Fsp3) is 0.190. The van der Waals surface area contributed by atoms with Crippen LogP contribution in [-0.4, -0.2) is 30.1 Å². The van der Waals surface area contributed by atoms with Crippen LogP contribution in [0, 0.1) is 3.57 Å². The summed E-state index contributed by atoms with van der Waals surface area (Å²) in [5, 5.41) is 6.20. The second-order valence-corrected chi connectivity index (χ2v) is 7.77. The van der Waals surface area contributed by atoms with Gasteiger partial charge in [0, 0.05) is 27.4 Å². The number of methoxy groups -OCH3 is 2. The smallest absolute Gasteiger partial charge is 0.228 e. The van der Waals surface area contributed by atoms with E-state index in [1.807, 2.05) is 36.4 Å². The Morgan fingerprint density at radius 2 is 1.97 bits per heavy atom. The van der Waals surface area contributed by atoms with Crippen molar-refractivity contribution in [1.29, 1.82) is 0 Å². The van der Waals surface area contributed by atoms with Crippen molar-refractivity contribution in [2.24, 2.45) is 0 Å². The van der Waals surface area contributed by atoms with Gasteiger partial charge in [0.15, 0.2) is 11.5 Å². The molecule has 8 heteroatoms. The van der Waals surface area contributed by atoms with Gasteiger partial charge in [-0.3, -0.25) is 4.79 Å². The van der Waals surface area contributed by atoms with Crippen LogP contribution in [0.5, 0.6) is 11.5 Å². The van der Waals surface area contributed by atoms with E-state index in [4.69, 9.17) is 14.5 Å². The van der Waals surface area contributed by atoms with Crippen LogP contribution in [0.4, 0.5) is 11.6 Å². The molecule has 1 aliphatic rings. The molecule has 7 nitrogen and oxygen atoms in total. The number of ether oxygens (including phenoxy) is 2. The Balaban J connectivity index is 1.62. The molecule has 0 spiro atoms. The van der Waals surface area contributed by atoms with Crippen molar-refractivity contribution >= 4 is 40.1 Å². The number of nitrogens with one attached hydrogen (secondary N) is 2. The summed E-state index contributed by atoms with van der Waals surface area (Å²) >= 11 is 2.23. The van der Waals surface area contributed by atoms with E-state index in [-0.39, 0.29) is 12.3 Å². The Hall–Kier alpha value is -2.88. The van der Waals surface area contributed by atoms with Gasteiger partial charge in [0.1, 0.15) is 0 Å². The number of aromatic nitrogens is 2. The maximum Gasteiger partial charge on any atom is 0.228 e. The number of amides is 1. The number of hydrogen-bond acceptors (Lipinski definition) is 6. The van der Waals surface area contributed by atoms with E-state index in [1.165, 1.54) is 0 Å². The lowest BCUT2D eigenvalue weighted by molar-refractivity contribution is -0.115. The van der Waals surface area contributed by atoms with Crippen molar-refractivity contribution in [3.63, 3.8) is 0 Å². The standard InChI is InChI=1S/C21H19IN4O3/c1-28-17-6-3-12(7-18(17)29-2)10-23-21-24-11-13-8-19(27)25-16-9-14(22)4-5-15(16)20(13)26-21/h3-7,9,11H,8,10H2,1-2H3,(H,25,27)(H,23,24,26). The minimum absolute atomic E-state index is 0.0679.